The fourth-order valence-corrected chi connectivity index (χ4v) is 2.46. The van der Waals surface area contributed by atoms with Gasteiger partial charge in [0.25, 0.3) is 0 Å². The highest BCUT2D eigenvalue weighted by Crippen LogP contribution is 2.35. The summed E-state index contributed by atoms with van der Waals surface area (Å²) >= 11 is 6.05. The van der Waals surface area contributed by atoms with Crippen molar-refractivity contribution in [1.82, 2.24) is 0 Å². The topological polar surface area (TPSA) is 49.4 Å². The summed E-state index contributed by atoms with van der Waals surface area (Å²) in [5, 5.41) is 3.20. The van der Waals surface area contributed by atoms with E-state index in [2.05, 4.69) is 5.32 Å². The van der Waals surface area contributed by atoms with Crippen molar-refractivity contribution in [2.75, 3.05) is 16.8 Å². The molecule has 0 unspecified atom stereocenters. The molecule has 1 amide bonds. The highest BCUT2D eigenvalue weighted by atomic mass is 35.5. The number of fused-ring (bicyclic) bond motifs is 1. The number of halogens is 1. The number of nitrogens with one attached hydrogen (secondary N) is 1. The van der Waals surface area contributed by atoms with E-state index in [0.717, 1.165) is 17.1 Å². The lowest BCUT2D eigenvalue weighted by atomic mass is 10.1. The maximum Gasteiger partial charge on any atom is 0.244 e. The van der Waals surface area contributed by atoms with Crippen LogP contribution in [0.2, 0.25) is 5.02 Å². The number of para-hydroxylation sites is 2. The summed E-state index contributed by atoms with van der Waals surface area (Å²) in [4.78, 5) is 24.4. The van der Waals surface area contributed by atoms with Gasteiger partial charge in [-0.2, -0.15) is 0 Å². The van der Waals surface area contributed by atoms with Gasteiger partial charge in [-0.05, 0) is 30.3 Å². The molecule has 100 valence electrons. The SMILES string of the molecule is O=Cc1ccc(N2CC(=O)Nc3ccccc32)cc1Cl. The number of carbonyl (C=O) groups excluding carboxylic acids is 2. The average molecular weight is 287 g/mol. The van der Waals surface area contributed by atoms with Gasteiger partial charge in [0.15, 0.2) is 6.29 Å². The van der Waals surface area contributed by atoms with Crippen LogP contribution in [0.25, 0.3) is 0 Å². The normalized spacial score (nSPS) is 13.7. The lowest BCUT2D eigenvalue weighted by Crippen LogP contribution is -2.34. The summed E-state index contributed by atoms with van der Waals surface area (Å²) < 4.78 is 0. The standard InChI is InChI=1S/C15H11ClN2O2/c16-12-7-11(6-5-10(12)9-19)18-8-15(20)17-13-3-1-2-4-14(13)18/h1-7,9H,8H2,(H,17,20). The molecule has 0 fully saturated rings. The molecule has 0 bridgehead atoms. The van der Waals surface area contributed by atoms with E-state index in [0.29, 0.717) is 16.9 Å². The van der Waals surface area contributed by atoms with Crippen molar-refractivity contribution >= 4 is 40.9 Å². The number of anilines is 3. The first kappa shape index (κ1) is 12.7. The van der Waals surface area contributed by atoms with Crippen LogP contribution in [0, 0.1) is 0 Å². The lowest BCUT2D eigenvalue weighted by molar-refractivity contribution is -0.115. The third-order valence-corrected chi connectivity index (χ3v) is 3.52. The Labute approximate surface area is 121 Å². The first-order valence-electron chi connectivity index (χ1n) is 6.10. The molecule has 0 spiro atoms. The zero-order chi connectivity index (χ0) is 14.1. The Morgan fingerprint density at radius 1 is 1.20 bits per heavy atom. The Morgan fingerprint density at radius 3 is 2.75 bits per heavy atom. The van der Waals surface area contributed by atoms with Gasteiger partial charge in [0.1, 0.15) is 6.54 Å². The molecule has 2 aromatic carbocycles. The summed E-state index contributed by atoms with van der Waals surface area (Å²) in [7, 11) is 0. The van der Waals surface area contributed by atoms with Crippen LogP contribution in [0.15, 0.2) is 42.5 Å². The van der Waals surface area contributed by atoms with Gasteiger partial charge in [-0.3, -0.25) is 9.59 Å². The van der Waals surface area contributed by atoms with Gasteiger partial charge in [0.05, 0.1) is 16.4 Å². The van der Waals surface area contributed by atoms with E-state index in [4.69, 9.17) is 11.6 Å². The molecule has 0 atom stereocenters. The lowest BCUT2D eigenvalue weighted by Gasteiger charge is -2.31. The van der Waals surface area contributed by atoms with E-state index >= 15 is 0 Å². The van der Waals surface area contributed by atoms with Crippen LogP contribution in [0.4, 0.5) is 17.1 Å². The molecule has 0 saturated heterocycles. The van der Waals surface area contributed by atoms with Crippen molar-refractivity contribution in [1.29, 1.82) is 0 Å². The Morgan fingerprint density at radius 2 is 2.00 bits per heavy atom. The van der Waals surface area contributed by atoms with Crippen molar-refractivity contribution < 1.29 is 9.59 Å². The maximum atomic E-state index is 11.8. The number of nitrogens with zero attached hydrogens (tertiary/aromatic N) is 1. The Kier molecular flexibility index (Phi) is 3.16. The molecule has 3 rings (SSSR count). The zero-order valence-corrected chi connectivity index (χ0v) is 11.2. The number of amides is 1. The number of benzene rings is 2. The van der Waals surface area contributed by atoms with Gasteiger partial charge < -0.3 is 10.2 Å². The zero-order valence-electron chi connectivity index (χ0n) is 10.5. The molecular weight excluding hydrogens is 276 g/mol. The van der Waals surface area contributed by atoms with Gasteiger partial charge in [-0.1, -0.05) is 23.7 Å². The third kappa shape index (κ3) is 2.14. The van der Waals surface area contributed by atoms with Gasteiger partial charge in [0, 0.05) is 11.3 Å². The average Bonchev–Trinajstić information content (AvgIpc) is 2.46. The van der Waals surface area contributed by atoms with Crippen LogP contribution in [0.1, 0.15) is 10.4 Å². The smallest absolute Gasteiger partial charge is 0.244 e. The molecule has 2 aromatic rings. The first-order chi connectivity index (χ1) is 9.69. The molecule has 1 aliphatic rings. The van der Waals surface area contributed by atoms with Gasteiger partial charge in [-0.25, -0.2) is 0 Å². The third-order valence-electron chi connectivity index (χ3n) is 3.19. The second-order valence-electron chi connectivity index (χ2n) is 4.48. The van der Waals surface area contributed by atoms with Gasteiger partial charge >= 0.3 is 0 Å². The summed E-state index contributed by atoms with van der Waals surface area (Å²) in [6, 6.07) is 12.7. The highest BCUT2D eigenvalue weighted by Gasteiger charge is 2.23. The monoisotopic (exact) mass is 286 g/mol. The maximum absolute atomic E-state index is 11.8. The molecule has 4 nitrogen and oxygen atoms in total. The van der Waals surface area contributed by atoms with E-state index in [-0.39, 0.29) is 12.5 Å². The highest BCUT2D eigenvalue weighted by molar-refractivity contribution is 6.33. The molecule has 1 N–H and O–H groups in total. The minimum absolute atomic E-state index is 0.0840. The van der Waals surface area contributed by atoms with E-state index in [9.17, 15) is 9.59 Å². The molecule has 0 aliphatic carbocycles. The molecule has 5 heteroatoms. The molecule has 1 heterocycles. The summed E-state index contributed by atoms with van der Waals surface area (Å²) in [6.07, 6.45) is 0.711. The van der Waals surface area contributed by atoms with Crippen LogP contribution in [0.3, 0.4) is 0 Å². The minimum atomic E-state index is -0.0840. The fraction of sp³-hybridized carbons (Fsp3) is 0.0667. The molecule has 0 aromatic heterocycles. The van der Waals surface area contributed by atoms with E-state index in [1.54, 1.807) is 18.2 Å². The van der Waals surface area contributed by atoms with E-state index < -0.39 is 0 Å². The van der Waals surface area contributed by atoms with Crippen molar-refractivity contribution in [2.24, 2.45) is 0 Å². The number of rotatable bonds is 2. The van der Waals surface area contributed by atoms with Crippen LogP contribution in [0.5, 0.6) is 0 Å². The van der Waals surface area contributed by atoms with Crippen molar-refractivity contribution in [3.05, 3.63) is 53.1 Å². The van der Waals surface area contributed by atoms with Gasteiger partial charge in [0.2, 0.25) is 5.91 Å². The number of carbonyl (C=O) groups is 2. The quantitative estimate of drug-likeness (QED) is 0.862. The Balaban J connectivity index is 2.08. The minimum Gasteiger partial charge on any atom is -0.330 e. The van der Waals surface area contributed by atoms with Crippen LogP contribution in [-0.4, -0.2) is 18.7 Å². The predicted molar refractivity (Wildman–Crippen MR) is 78.9 cm³/mol. The second-order valence-corrected chi connectivity index (χ2v) is 4.88. The van der Waals surface area contributed by atoms with E-state index in [1.165, 1.54) is 0 Å². The molecule has 1 aliphatic heterocycles. The first-order valence-corrected chi connectivity index (χ1v) is 6.48. The van der Waals surface area contributed by atoms with Crippen molar-refractivity contribution in [3.63, 3.8) is 0 Å². The van der Waals surface area contributed by atoms with Crippen LogP contribution < -0.4 is 10.2 Å². The summed E-state index contributed by atoms with van der Waals surface area (Å²) in [6.45, 7) is 0.216. The Bertz CT molecular complexity index is 700. The summed E-state index contributed by atoms with van der Waals surface area (Å²) in [5.41, 5.74) is 2.88. The van der Waals surface area contributed by atoms with Crippen molar-refractivity contribution in [3.8, 4) is 0 Å². The number of aldehydes is 1. The summed E-state index contributed by atoms with van der Waals surface area (Å²) in [5.74, 6) is -0.0840. The van der Waals surface area contributed by atoms with Crippen LogP contribution >= 0.6 is 11.6 Å². The number of hydrogen-bond donors (Lipinski definition) is 1. The van der Waals surface area contributed by atoms with Crippen LogP contribution in [-0.2, 0) is 4.79 Å². The largest absolute Gasteiger partial charge is 0.330 e. The van der Waals surface area contributed by atoms with Crippen molar-refractivity contribution in [2.45, 2.75) is 0 Å². The molecule has 20 heavy (non-hydrogen) atoms. The van der Waals surface area contributed by atoms with E-state index in [1.807, 2.05) is 29.2 Å². The second kappa shape index (κ2) is 4.98. The predicted octanol–water partition coefficient (Wildman–Crippen LogP) is 3.24. The van der Waals surface area contributed by atoms with Gasteiger partial charge in [-0.15, -0.1) is 0 Å². The molecule has 0 radical (unpaired) electrons. The molecule has 0 saturated carbocycles. The molecular formula is C15H11ClN2O2. The number of hydrogen-bond acceptors (Lipinski definition) is 3. The Hall–Kier alpha value is -2.33. The fourth-order valence-electron chi connectivity index (χ4n) is 2.24.